The number of nitrogens with one attached hydrogen (secondary N) is 1. The first-order valence-corrected chi connectivity index (χ1v) is 9.15. The molecule has 138 valence electrons. The second-order valence-corrected chi connectivity index (χ2v) is 7.07. The molecular weight excluding hydrogens is 395 g/mol. The van der Waals surface area contributed by atoms with Crippen molar-refractivity contribution in [2.24, 2.45) is 0 Å². The fraction of sp³-hybridized carbons (Fsp3) is 0.263. The Labute approximate surface area is 168 Å². The van der Waals surface area contributed by atoms with Crippen molar-refractivity contribution in [3.8, 4) is 0 Å². The number of carbonyl (C=O) groups is 2. The summed E-state index contributed by atoms with van der Waals surface area (Å²) in [4.78, 5) is 26.5. The maximum Gasteiger partial charge on any atom is 0.242 e. The van der Waals surface area contributed by atoms with Gasteiger partial charge in [-0.15, -0.1) is 0 Å². The van der Waals surface area contributed by atoms with E-state index < -0.39 is 6.04 Å². The van der Waals surface area contributed by atoms with E-state index in [1.165, 1.54) is 11.9 Å². The molecule has 0 bridgehead atoms. The van der Waals surface area contributed by atoms with Crippen molar-refractivity contribution >= 4 is 46.6 Å². The number of amides is 2. The van der Waals surface area contributed by atoms with Crippen molar-refractivity contribution in [3.63, 3.8) is 0 Å². The molecule has 0 aliphatic heterocycles. The lowest BCUT2D eigenvalue weighted by molar-refractivity contribution is -0.139. The summed E-state index contributed by atoms with van der Waals surface area (Å²) in [5.74, 6) is -0.494. The summed E-state index contributed by atoms with van der Waals surface area (Å²) in [5, 5.41) is 4.01. The molecule has 7 heteroatoms. The minimum Gasteiger partial charge on any atom is -0.357 e. The Kier molecular flexibility index (Phi) is 7.33. The zero-order valence-electron chi connectivity index (χ0n) is 14.4. The number of benzene rings is 2. The molecular formula is C19H19Cl3N2O2. The molecule has 2 amide bonds. The molecule has 0 aromatic heterocycles. The summed E-state index contributed by atoms with van der Waals surface area (Å²) >= 11 is 18.5. The Morgan fingerprint density at radius 3 is 2.27 bits per heavy atom. The summed E-state index contributed by atoms with van der Waals surface area (Å²) in [6.07, 6.45) is 0.115. The molecule has 4 nitrogen and oxygen atoms in total. The van der Waals surface area contributed by atoms with Crippen LogP contribution in [0.5, 0.6) is 0 Å². The molecule has 2 rings (SSSR count). The predicted molar refractivity (Wildman–Crippen MR) is 106 cm³/mol. The Morgan fingerprint density at radius 2 is 1.69 bits per heavy atom. The van der Waals surface area contributed by atoms with Gasteiger partial charge in [-0.1, -0.05) is 53.0 Å². The first-order valence-electron chi connectivity index (χ1n) is 8.02. The lowest BCUT2D eigenvalue weighted by atomic mass is 10.1. The Bertz CT molecular complexity index is 791. The number of hydrogen-bond donors (Lipinski definition) is 1. The third-order valence-electron chi connectivity index (χ3n) is 4.05. The lowest BCUT2D eigenvalue weighted by Gasteiger charge is -2.29. The van der Waals surface area contributed by atoms with E-state index in [0.29, 0.717) is 20.6 Å². The fourth-order valence-electron chi connectivity index (χ4n) is 2.57. The van der Waals surface area contributed by atoms with Crippen molar-refractivity contribution in [2.75, 3.05) is 7.05 Å². The third kappa shape index (κ3) is 5.13. The number of halogens is 3. The highest BCUT2D eigenvalue weighted by Crippen LogP contribution is 2.27. The standard InChI is InChI=1S/C19H19Cl3N2O2/c1-12(19(26)23-2)24(11-15-16(21)7-4-8-17(15)22)18(25)10-13-5-3-6-14(20)9-13/h3-9,12H,10-11H2,1-2H3,(H,23,26). The normalized spacial score (nSPS) is 11.7. The highest BCUT2D eigenvalue weighted by molar-refractivity contribution is 6.36. The van der Waals surface area contributed by atoms with Crippen LogP contribution < -0.4 is 5.32 Å². The zero-order chi connectivity index (χ0) is 19.3. The number of nitrogens with zero attached hydrogens (tertiary/aromatic N) is 1. The highest BCUT2D eigenvalue weighted by Gasteiger charge is 2.26. The molecule has 2 aromatic rings. The number of rotatable bonds is 6. The van der Waals surface area contributed by atoms with Crippen molar-refractivity contribution in [3.05, 3.63) is 68.7 Å². The lowest BCUT2D eigenvalue weighted by Crippen LogP contribution is -2.47. The molecule has 0 saturated carbocycles. The Balaban J connectivity index is 2.31. The average molecular weight is 414 g/mol. The van der Waals surface area contributed by atoms with Crippen LogP contribution in [-0.4, -0.2) is 29.8 Å². The van der Waals surface area contributed by atoms with Crippen LogP contribution in [0.3, 0.4) is 0 Å². The van der Waals surface area contributed by atoms with Gasteiger partial charge in [-0.05, 0) is 36.8 Å². The van der Waals surface area contributed by atoms with Crippen LogP contribution in [0.2, 0.25) is 15.1 Å². The molecule has 0 fully saturated rings. The molecule has 0 radical (unpaired) electrons. The van der Waals surface area contributed by atoms with E-state index in [-0.39, 0.29) is 24.8 Å². The van der Waals surface area contributed by atoms with Crippen molar-refractivity contribution in [2.45, 2.75) is 25.9 Å². The van der Waals surface area contributed by atoms with Crippen molar-refractivity contribution in [1.29, 1.82) is 0 Å². The van der Waals surface area contributed by atoms with Crippen LogP contribution in [0.25, 0.3) is 0 Å². The van der Waals surface area contributed by atoms with Crippen LogP contribution in [0.1, 0.15) is 18.1 Å². The minimum absolute atomic E-state index is 0.115. The van der Waals surface area contributed by atoms with Gasteiger partial charge in [0.05, 0.1) is 6.42 Å². The first-order chi connectivity index (χ1) is 12.3. The van der Waals surface area contributed by atoms with Crippen LogP contribution in [0, 0.1) is 0 Å². The maximum absolute atomic E-state index is 12.9. The molecule has 0 aliphatic carbocycles. The second-order valence-electron chi connectivity index (χ2n) is 5.82. The van der Waals surface area contributed by atoms with Crippen LogP contribution in [-0.2, 0) is 22.6 Å². The topological polar surface area (TPSA) is 49.4 Å². The maximum atomic E-state index is 12.9. The Morgan fingerprint density at radius 1 is 1.08 bits per heavy atom. The van der Waals surface area contributed by atoms with Gasteiger partial charge >= 0.3 is 0 Å². The number of likely N-dealkylation sites (N-methyl/N-ethyl adjacent to an activating group) is 1. The van der Waals surface area contributed by atoms with Crippen LogP contribution in [0.4, 0.5) is 0 Å². The summed E-state index contributed by atoms with van der Waals surface area (Å²) in [5.41, 5.74) is 1.37. The summed E-state index contributed by atoms with van der Waals surface area (Å²) in [7, 11) is 1.53. The number of carbonyl (C=O) groups excluding carboxylic acids is 2. The van der Waals surface area contributed by atoms with Crippen molar-refractivity contribution in [1.82, 2.24) is 10.2 Å². The molecule has 1 N–H and O–H groups in total. The van der Waals surface area contributed by atoms with Crippen molar-refractivity contribution < 1.29 is 9.59 Å². The quantitative estimate of drug-likeness (QED) is 0.765. The van der Waals surface area contributed by atoms with E-state index in [1.54, 1.807) is 43.3 Å². The number of hydrogen-bond acceptors (Lipinski definition) is 2. The van der Waals surface area contributed by atoms with Gasteiger partial charge in [0.25, 0.3) is 0 Å². The van der Waals surface area contributed by atoms with Crippen LogP contribution >= 0.6 is 34.8 Å². The zero-order valence-corrected chi connectivity index (χ0v) is 16.7. The van der Waals surface area contributed by atoms with Gasteiger partial charge in [0.1, 0.15) is 6.04 Å². The molecule has 1 atom stereocenters. The Hall–Kier alpha value is -1.75. The molecule has 1 unspecified atom stereocenters. The predicted octanol–water partition coefficient (Wildman–Crippen LogP) is 4.35. The molecule has 26 heavy (non-hydrogen) atoms. The summed E-state index contributed by atoms with van der Waals surface area (Å²) < 4.78 is 0. The van der Waals surface area contributed by atoms with Gasteiger partial charge in [0, 0.05) is 34.2 Å². The fourth-order valence-corrected chi connectivity index (χ4v) is 3.30. The van der Waals surface area contributed by atoms with Gasteiger partial charge in [-0.3, -0.25) is 9.59 Å². The monoisotopic (exact) mass is 412 g/mol. The molecule has 0 saturated heterocycles. The van der Waals surface area contributed by atoms with E-state index in [9.17, 15) is 9.59 Å². The molecule has 0 heterocycles. The van der Waals surface area contributed by atoms with E-state index in [1.807, 2.05) is 6.07 Å². The van der Waals surface area contributed by atoms with Gasteiger partial charge < -0.3 is 10.2 Å². The summed E-state index contributed by atoms with van der Waals surface area (Å²) in [6, 6.07) is 11.5. The van der Waals surface area contributed by atoms with Gasteiger partial charge in [0.2, 0.25) is 11.8 Å². The molecule has 0 spiro atoms. The molecule has 0 aliphatic rings. The average Bonchev–Trinajstić information content (AvgIpc) is 2.60. The summed E-state index contributed by atoms with van der Waals surface area (Å²) in [6.45, 7) is 1.80. The smallest absolute Gasteiger partial charge is 0.242 e. The molecule has 2 aromatic carbocycles. The first kappa shape index (κ1) is 20.6. The van der Waals surface area contributed by atoms with Gasteiger partial charge in [-0.2, -0.15) is 0 Å². The SMILES string of the molecule is CNC(=O)C(C)N(Cc1c(Cl)cccc1Cl)C(=O)Cc1cccc(Cl)c1. The van der Waals surface area contributed by atoms with Crippen LogP contribution in [0.15, 0.2) is 42.5 Å². The second kappa shape index (κ2) is 9.26. The van der Waals surface area contributed by atoms with Gasteiger partial charge in [0.15, 0.2) is 0 Å². The van der Waals surface area contributed by atoms with Gasteiger partial charge in [-0.25, -0.2) is 0 Å². The third-order valence-corrected chi connectivity index (χ3v) is 4.99. The minimum atomic E-state index is -0.681. The largest absolute Gasteiger partial charge is 0.357 e. The van der Waals surface area contributed by atoms with E-state index in [0.717, 1.165) is 5.56 Å². The highest BCUT2D eigenvalue weighted by atomic mass is 35.5. The van der Waals surface area contributed by atoms with E-state index in [4.69, 9.17) is 34.8 Å². The van der Waals surface area contributed by atoms with E-state index in [2.05, 4.69) is 5.32 Å². The van der Waals surface area contributed by atoms with E-state index >= 15 is 0 Å².